The molecule has 2 aromatic carbocycles. The summed E-state index contributed by atoms with van der Waals surface area (Å²) >= 11 is 0. The van der Waals surface area contributed by atoms with Gasteiger partial charge < -0.3 is 20.3 Å². The molecular weight excluding hydrogens is 318 g/mol. The minimum atomic E-state index is -0.609. The molecule has 0 unspecified atom stereocenters. The van der Waals surface area contributed by atoms with E-state index in [1.165, 1.54) is 6.21 Å². The summed E-state index contributed by atoms with van der Waals surface area (Å²) in [4.78, 5) is 12.2. The summed E-state index contributed by atoms with van der Waals surface area (Å²) in [5.74, 6) is 0.669. The Morgan fingerprint density at radius 2 is 1.96 bits per heavy atom. The molecule has 2 rings (SSSR count). The Hall–Kier alpha value is -2.89. The van der Waals surface area contributed by atoms with E-state index >= 15 is 0 Å². The second-order valence-electron chi connectivity index (χ2n) is 6.62. The maximum atomic E-state index is 12.2. The van der Waals surface area contributed by atoms with Crippen LogP contribution < -0.4 is 10.1 Å². The largest absolute Gasteiger partial charge is 0.497 e. The third-order valence-electron chi connectivity index (χ3n) is 3.45. The summed E-state index contributed by atoms with van der Waals surface area (Å²) in [6.07, 6.45) is 0.849. The maximum Gasteiger partial charge on any atom is 0.412 e. The van der Waals surface area contributed by atoms with Crippen LogP contribution in [0.1, 0.15) is 32.8 Å². The van der Waals surface area contributed by atoms with Crippen molar-refractivity contribution in [2.24, 2.45) is 0 Å². The fraction of sp³-hybridized carbons (Fsp3) is 0.316. The van der Waals surface area contributed by atoms with Crippen LogP contribution in [-0.4, -0.2) is 30.7 Å². The van der Waals surface area contributed by atoms with E-state index in [4.69, 9.17) is 20.3 Å². The van der Waals surface area contributed by atoms with E-state index in [0.717, 1.165) is 10.8 Å². The van der Waals surface area contributed by atoms with E-state index < -0.39 is 11.7 Å². The highest BCUT2D eigenvalue weighted by Gasteiger charge is 2.18. The van der Waals surface area contributed by atoms with Gasteiger partial charge in [0.1, 0.15) is 11.4 Å². The number of hydrogen-bond donors (Lipinski definition) is 3. The van der Waals surface area contributed by atoms with Gasteiger partial charge in [-0.15, -0.1) is 0 Å². The summed E-state index contributed by atoms with van der Waals surface area (Å²) < 4.78 is 10.6. The van der Waals surface area contributed by atoms with Crippen LogP contribution in [0.4, 0.5) is 10.5 Å². The Kier molecular flexibility index (Phi) is 5.41. The zero-order valence-corrected chi connectivity index (χ0v) is 14.9. The van der Waals surface area contributed by atoms with Crippen LogP contribution in [0, 0.1) is 10.8 Å². The fourth-order valence-electron chi connectivity index (χ4n) is 2.38. The number of hydrogen-bond acceptors (Lipinski definition) is 5. The Morgan fingerprint density at radius 3 is 2.56 bits per heavy atom. The van der Waals surface area contributed by atoms with Crippen LogP contribution >= 0.6 is 0 Å². The minimum absolute atomic E-state index is 0.230. The molecule has 6 heteroatoms. The van der Waals surface area contributed by atoms with Crippen molar-refractivity contribution in [3.05, 3.63) is 35.9 Å². The number of nitrogens with one attached hydrogen (secondary N) is 3. The molecule has 0 aliphatic carbocycles. The fourth-order valence-corrected chi connectivity index (χ4v) is 2.38. The van der Waals surface area contributed by atoms with Crippen LogP contribution in [0.5, 0.6) is 5.75 Å². The topological polar surface area (TPSA) is 95.3 Å². The van der Waals surface area contributed by atoms with Gasteiger partial charge in [-0.25, -0.2) is 4.79 Å². The number of carbonyl (C=O) groups excluding carboxylic acids is 1. The normalized spacial score (nSPS) is 11.0. The molecule has 0 spiro atoms. The predicted octanol–water partition coefficient (Wildman–Crippen LogP) is 4.60. The lowest BCUT2D eigenvalue weighted by Crippen LogP contribution is -2.27. The first-order chi connectivity index (χ1) is 11.7. The van der Waals surface area contributed by atoms with Crippen molar-refractivity contribution >= 4 is 34.5 Å². The van der Waals surface area contributed by atoms with Crippen LogP contribution in [0.15, 0.2) is 30.3 Å². The molecule has 132 valence electrons. The number of anilines is 1. The summed E-state index contributed by atoms with van der Waals surface area (Å²) in [7, 11) is 1.58. The summed E-state index contributed by atoms with van der Waals surface area (Å²) in [5, 5.41) is 19.7. The van der Waals surface area contributed by atoms with Crippen molar-refractivity contribution in [3.63, 3.8) is 0 Å². The lowest BCUT2D eigenvalue weighted by molar-refractivity contribution is 0.0636. The van der Waals surface area contributed by atoms with Gasteiger partial charge in [0.25, 0.3) is 0 Å². The SMILES string of the molecule is COc1ccc2cc(C(=N)CC=N)cc(NC(=O)OC(C)(C)C)c2c1. The zero-order valence-electron chi connectivity index (χ0n) is 14.9. The molecule has 6 nitrogen and oxygen atoms in total. The summed E-state index contributed by atoms with van der Waals surface area (Å²) in [6, 6.07) is 9.10. The number of benzene rings is 2. The van der Waals surface area contributed by atoms with Crippen LogP contribution in [-0.2, 0) is 4.74 Å². The lowest BCUT2D eigenvalue weighted by atomic mass is 10.0. The molecule has 0 radical (unpaired) electrons. The van der Waals surface area contributed by atoms with Gasteiger partial charge in [-0.05, 0) is 56.0 Å². The van der Waals surface area contributed by atoms with Crippen LogP contribution in [0.25, 0.3) is 10.8 Å². The summed E-state index contributed by atoms with van der Waals surface area (Å²) in [5.41, 5.74) is 0.879. The van der Waals surface area contributed by atoms with Gasteiger partial charge in [-0.2, -0.15) is 0 Å². The molecule has 0 atom stereocenters. The molecule has 3 N–H and O–H groups in total. The third-order valence-corrected chi connectivity index (χ3v) is 3.45. The Labute approximate surface area is 147 Å². The van der Waals surface area contributed by atoms with Crippen molar-refractivity contribution in [2.75, 3.05) is 12.4 Å². The van der Waals surface area contributed by atoms with Crippen LogP contribution in [0.3, 0.4) is 0 Å². The van der Waals surface area contributed by atoms with E-state index in [0.29, 0.717) is 22.7 Å². The van der Waals surface area contributed by atoms with Gasteiger partial charge in [-0.1, -0.05) is 6.07 Å². The van der Waals surface area contributed by atoms with Gasteiger partial charge in [0.05, 0.1) is 12.8 Å². The van der Waals surface area contributed by atoms with Crippen molar-refractivity contribution in [2.45, 2.75) is 32.8 Å². The van der Waals surface area contributed by atoms with E-state index in [1.807, 2.05) is 24.3 Å². The first kappa shape index (κ1) is 18.4. The number of amides is 1. The van der Waals surface area contributed by atoms with E-state index in [9.17, 15) is 4.79 Å². The van der Waals surface area contributed by atoms with Gasteiger partial charge in [-0.3, -0.25) is 5.32 Å². The van der Waals surface area contributed by atoms with Crippen molar-refractivity contribution in [1.29, 1.82) is 10.8 Å². The highest BCUT2D eigenvalue weighted by Crippen LogP contribution is 2.30. The maximum absolute atomic E-state index is 12.2. The molecule has 0 saturated heterocycles. The summed E-state index contributed by atoms with van der Waals surface area (Å²) in [6.45, 7) is 5.39. The van der Waals surface area contributed by atoms with Gasteiger partial charge >= 0.3 is 6.09 Å². The molecule has 2 aromatic rings. The Morgan fingerprint density at radius 1 is 1.24 bits per heavy atom. The molecule has 0 saturated carbocycles. The average molecular weight is 341 g/mol. The number of ether oxygens (including phenoxy) is 2. The molecular formula is C19H23N3O3. The number of carbonyl (C=O) groups is 1. The molecule has 1 amide bonds. The molecule has 25 heavy (non-hydrogen) atoms. The Balaban J connectivity index is 2.50. The van der Waals surface area contributed by atoms with Gasteiger partial charge in [0.2, 0.25) is 0 Å². The first-order valence-electron chi connectivity index (χ1n) is 7.92. The van der Waals surface area contributed by atoms with Crippen LogP contribution in [0.2, 0.25) is 0 Å². The predicted molar refractivity (Wildman–Crippen MR) is 101 cm³/mol. The smallest absolute Gasteiger partial charge is 0.412 e. The monoisotopic (exact) mass is 341 g/mol. The number of methoxy groups -OCH3 is 1. The van der Waals surface area contributed by atoms with Crippen molar-refractivity contribution in [3.8, 4) is 5.75 Å². The Bertz CT molecular complexity index is 823. The van der Waals surface area contributed by atoms with Crippen molar-refractivity contribution < 1.29 is 14.3 Å². The van der Waals surface area contributed by atoms with E-state index in [-0.39, 0.29) is 6.42 Å². The molecule has 0 aliphatic rings. The highest BCUT2D eigenvalue weighted by atomic mass is 16.6. The van der Waals surface area contributed by atoms with E-state index in [2.05, 4.69) is 5.32 Å². The average Bonchev–Trinajstić information content (AvgIpc) is 2.52. The third kappa shape index (κ3) is 4.79. The van der Waals surface area contributed by atoms with Gasteiger partial charge in [0, 0.05) is 23.7 Å². The van der Waals surface area contributed by atoms with Crippen molar-refractivity contribution in [1.82, 2.24) is 0 Å². The second-order valence-corrected chi connectivity index (χ2v) is 6.62. The standard InChI is InChI=1S/C19H23N3O3/c1-19(2,3)25-18(23)22-17-10-13(16(21)7-8-20)9-12-5-6-14(24-4)11-15(12)17/h5-6,8-11,20-21H,7H2,1-4H3,(H,22,23). The minimum Gasteiger partial charge on any atom is -0.497 e. The molecule has 0 aromatic heterocycles. The van der Waals surface area contributed by atoms with E-state index in [1.54, 1.807) is 33.9 Å². The number of rotatable bonds is 5. The lowest BCUT2D eigenvalue weighted by Gasteiger charge is -2.20. The molecule has 0 fully saturated rings. The first-order valence-corrected chi connectivity index (χ1v) is 7.92. The van der Waals surface area contributed by atoms with Gasteiger partial charge in [0.15, 0.2) is 0 Å². The number of fused-ring (bicyclic) bond motifs is 1. The molecule has 0 bridgehead atoms. The second kappa shape index (κ2) is 7.34. The zero-order chi connectivity index (χ0) is 18.6. The quantitative estimate of drug-likeness (QED) is 0.693. The molecule has 0 heterocycles. The highest BCUT2D eigenvalue weighted by molar-refractivity contribution is 6.10. The molecule has 0 aliphatic heterocycles.